The van der Waals surface area contributed by atoms with Crippen LogP contribution in [-0.2, 0) is 4.79 Å². The van der Waals surface area contributed by atoms with Gasteiger partial charge >= 0.3 is 0 Å². The number of hydrogen-bond acceptors (Lipinski definition) is 5. The Morgan fingerprint density at radius 2 is 1.73 bits per heavy atom. The van der Waals surface area contributed by atoms with Gasteiger partial charge in [0.25, 0.3) is 5.91 Å². The number of amides is 2. The number of nitrogens with one attached hydrogen (secondary N) is 1. The molecule has 3 rings (SSSR count). The first-order chi connectivity index (χ1) is 14.2. The molecular weight excluding hydrogens is 427 g/mol. The zero-order chi connectivity index (χ0) is 21.9. The lowest BCUT2D eigenvalue weighted by atomic mass is 10.0. The fourth-order valence-corrected chi connectivity index (χ4v) is 3.42. The Kier molecular flexibility index (Phi) is 6.48. The molecule has 1 aromatic heterocycles. The van der Waals surface area contributed by atoms with Crippen LogP contribution in [0.5, 0.6) is 0 Å². The van der Waals surface area contributed by atoms with E-state index in [1.54, 1.807) is 24.3 Å². The Morgan fingerprint density at radius 3 is 2.27 bits per heavy atom. The average Bonchev–Trinajstić information content (AvgIpc) is 3.21. The first-order valence-corrected chi connectivity index (χ1v) is 10.3. The maximum atomic E-state index is 13.6. The van der Waals surface area contributed by atoms with Crippen molar-refractivity contribution in [3.8, 4) is 0 Å². The van der Waals surface area contributed by atoms with Crippen LogP contribution in [0.2, 0.25) is 5.02 Å². The molecule has 3 aromatic rings. The number of hydrogen-bond donors (Lipinski definition) is 1. The van der Waals surface area contributed by atoms with Crippen LogP contribution in [0.1, 0.15) is 42.9 Å². The maximum absolute atomic E-state index is 13.6. The Hall–Kier alpha value is -2.84. The molecule has 1 N–H and O–H groups in total. The summed E-state index contributed by atoms with van der Waals surface area (Å²) in [6, 6.07) is 11.0. The molecule has 0 aliphatic rings. The van der Waals surface area contributed by atoms with Gasteiger partial charge in [-0.15, -0.1) is 5.10 Å². The van der Waals surface area contributed by atoms with E-state index in [4.69, 9.17) is 11.6 Å². The molecule has 1 atom stereocenters. The van der Waals surface area contributed by atoms with E-state index < -0.39 is 29.2 Å². The Balaban J connectivity index is 2.16. The van der Waals surface area contributed by atoms with Gasteiger partial charge in [0.05, 0.1) is 0 Å². The van der Waals surface area contributed by atoms with E-state index in [2.05, 4.69) is 14.9 Å². The number of nitrogens with zero attached hydrogens (tertiary/aromatic N) is 3. The van der Waals surface area contributed by atoms with Gasteiger partial charge < -0.3 is 5.32 Å². The van der Waals surface area contributed by atoms with E-state index in [1.807, 2.05) is 20.8 Å². The second-order valence-electron chi connectivity index (χ2n) is 7.64. The summed E-state index contributed by atoms with van der Waals surface area (Å²) in [6.07, 6.45) is 0. The SMILES string of the molecule is CC(C)(C)NC(=O)[C@@H](c1ccc(Cl)cc1)N(C(=O)c1csnn1)c1ccc(F)cc1. The Morgan fingerprint density at radius 1 is 1.10 bits per heavy atom. The molecule has 0 radical (unpaired) electrons. The van der Waals surface area contributed by atoms with Crippen LogP contribution in [-0.4, -0.2) is 26.9 Å². The van der Waals surface area contributed by atoms with Crippen molar-refractivity contribution in [3.63, 3.8) is 0 Å². The quantitative estimate of drug-likeness (QED) is 0.619. The molecule has 30 heavy (non-hydrogen) atoms. The molecule has 0 aliphatic heterocycles. The molecular formula is C21H20ClFN4O2S. The summed E-state index contributed by atoms with van der Waals surface area (Å²) in [5, 5.41) is 8.77. The number of aromatic nitrogens is 2. The Labute approximate surface area is 182 Å². The minimum Gasteiger partial charge on any atom is -0.349 e. The monoisotopic (exact) mass is 446 g/mol. The maximum Gasteiger partial charge on any atom is 0.280 e. The first kappa shape index (κ1) is 21.9. The average molecular weight is 447 g/mol. The van der Waals surface area contributed by atoms with E-state index in [0.717, 1.165) is 11.5 Å². The lowest BCUT2D eigenvalue weighted by molar-refractivity contribution is -0.123. The number of halogens is 2. The predicted molar refractivity (Wildman–Crippen MR) is 115 cm³/mol. The fourth-order valence-electron chi connectivity index (χ4n) is 2.87. The van der Waals surface area contributed by atoms with E-state index >= 15 is 0 Å². The molecule has 0 fully saturated rings. The number of rotatable bonds is 5. The fraction of sp³-hybridized carbons (Fsp3) is 0.238. The third-order valence-corrected chi connectivity index (χ3v) is 4.85. The summed E-state index contributed by atoms with van der Waals surface area (Å²) >= 11 is 7.04. The van der Waals surface area contributed by atoms with Crippen molar-refractivity contribution < 1.29 is 14.0 Å². The van der Waals surface area contributed by atoms with Crippen molar-refractivity contribution >= 4 is 40.6 Å². The molecule has 0 bridgehead atoms. The van der Waals surface area contributed by atoms with Gasteiger partial charge in [0.2, 0.25) is 5.91 Å². The molecule has 2 amide bonds. The van der Waals surface area contributed by atoms with Gasteiger partial charge in [-0.1, -0.05) is 28.2 Å². The van der Waals surface area contributed by atoms with E-state index in [-0.39, 0.29) is 5.69 Å². The molecule has 0 aliphatic carbocycles. The molecule has 9 heteroatoms. The largest absolute Gasteiger partial charge is 0.349 e. The molecule has 6 nitrogen and oxygen atoms in total. The highest BCUT2D eigenvalue weighted by atomic mass is 35.5. The molecule has 0 spiro atoms. The molecule has 2 aromatic carbocycles. The highest BCUT2D eigenvalue weighted by molar-refractivity contribution is 7.03. The van der Waals surface area contributed by atoms with E-state index in [1.165, 1.54) is 34.5 Å². The second-order valence-corrected chi connectivity index (χ2v) is 8.68. The van der Waals surface area contributed by atoms with E-state index in [9.17, 15) is 14.0 Å². The van der Waals surface area contributed by atoms with Crippen molar-refractivity contribution in [1.82, 2.24) is 14.9 Å². The van der Waals surface area contributed by atoms with Gasteiger partial charge in [-0.2, -0.15) is 0 Å². The summed E-state index contributed by atoms with van der Waals surface area (Å²) in [5.41, 5.74) is 0.439. The number of anilines is 1. The lowest BCUT2D eigenvalue weighted by Crippen LogP contribution is -2.49. The third kappa shape index (κ3) is 5.20. The number of carbonyl (C=O) groups excluding carboxylic acids is 2. The van der Waals surface area contributed by atoms with Crippen LogP contribution < -0.4 is 10.2 Å². The molecule has 156 valence electrons. The standard InChI is InChI=1S/C21H20ClFN4O2S/c1-21(2,3)24-19(28)18(13-4-6-14(22)7-5-13)27(16-10-8-15(23)9-11-16)20(29)17-12-30-26-25-17/h4-12,18H,1-3H3,(H,24,28)/t18-/m1/s1. The van der Waals surface area contributed by atoms with Crippen molar-refractivity contribution in [1.29, 1.82) is 0 Å². The van der Waals surface area contributed by atoms with Crippen LogP contribution in [0, 0.1) is 5.82 Å². The van der Waals surface area contributed by atoms with Crippen molar-refractivity contribution in [3.05, 3.63) is 76.0 Å². The van der Waals surface area contributed by atoms with Gasteiger partial charge in [0, 0.05) is 21.6 Å². The van der Waals surface area contributed by atoms with E-state index in [0.29, 0.717) is 16.3 Å². The van der Waals surface area contributed by atoms with Gasteiger partial charge in [0.1, 0.15) is 11.9 Å². The van der Waals surface area contributed by atoms with Crippen molar-refractivity contribution in [2.75, 3.05) is 4.90 Å². The zero-order valence-electron chi connectivity index (χ0n) is 16.6. The topological polar surface area (TPSA) is 75.2 Å². The summed E-state index contributed by atoms with van der Waals surface area (Å²) in [6.45, 7) is 5.54. The van der Waals surface area contributed by atoms with Crippen LogP contribution in [0.4, 0.5) is 10.1 Å². The predicted octanol–water partition coefficient (Wildman–Crippen LogP) is 4.63. The molecule has 1 heterocycles. The number of benzene rings is 2. The van der Waals surface area contributed by atoms with Crippen LogP contribution in [0.25, 0.3) is 0 Å². The van der Waals surface area contributed by atoms with Gasteiger partial charge in [-0.3, -0.25) is 14.5 Å². The summed E-state index contributed by atoms with van der Waals surface area (Å²) < 4.78 is 17.3. The zero-order valence-corrected chi connectivity index (χ0v) is 18.2. The third-order valence-electron chi connectivity index (χ3n) is 4.09. The number of carbonyl (C=O) groups is 2. The van der Waals surface area contributed by atoms with Gasteiger partial charge in [-0.05, 0) is 74.3 Å². The van der Waals surface area contributed by atoms with Crippen LogP contribution >= 0.6 is 23.1 Å². The van der Waals surface area contributed by atoms with Crippen molar-refractivity contribution in [2.24, 2.45) is 0 Å². The minimum atomic E-state index is -1.04. The summed E-state index contributed by atoms with van der Waals surface area (Å²) in [7, 11) is 0. The summed E-state index contributed by atoms with van der Waals surface area (Å²) in [5.74, 6) is -1.38. The van der Waals surface area contributed by atoms with Crippen LogP contribution in [0.15, 0.2) is 53.9 Å². The Bertz CT molecular complexity index is 1020. The molecule has 0 saturated heterocycles. The lowest BCUT2D eigenvalue weighted by Gasteiger charge is -2.33. The second kappa shape index (κ2) is 8.89. The molecule has 0 unspecified atom stereocenters. The summed E-state index contributed by atoms with van der Waals surface area (Å²) in [4.78, 5) is 28.0. The highest BCUT2D eigenvalue weighted by Gasteiger charge is 2.35. The highest BCUT2D eigenvalue weighted by Crippen LogP contribution is 2.31. The minimum absolute atomic E-state index is 0.0897. The normalized spacial score (nSPS) is 12.3. The molecule has 0 saturated carbocycles. The smallest absolute Gasteiger partial charge is 0.280 e. The van der Waals surface area contributed by atoms with Gasteiger partial charge in [-0.25, -0.2) is 4.39 Å². The first-order valence-electron chi connectivity index (χ1n) is 9.09. The van der Waals surface area contributed by atoms with Gasteiger partial charge in [0.15, 0.2) is 5.69 Å². The van der Waals surface area contributed by atoms with Crippen LogP contribution in [0.3, 0.4) is 0 Å². The van der Waals surface area contributed by atoms with Crippen molar-refractivity contribution in [2.45, 2.75) is 32.4 Å².